The Labute approximate surface area is 158 Å². The summed E-state index contributed by atoms with van der Waals surface area (Å²) >= 11 is 0. The third kappa shape index (κ3) is 4.35. The maximum Gasteiger partial charge on any atom is 0.251 e. The quantitative estimate of drug-likeness (QED) is 0.731. The van der Waals surface area contributed by atoms with Gasteiger partial charge in [-0.1, -0.05) is 18.2 Å². The second-order valence-corrected chi connectivity index (χ2v) is 8.00. The molecule has 1 heterocycles. The largest absolute Gasteiger partial charge is 0.351 e. The lowest BCUT2D eigenvalue weighted by atomic mass is 10.2. The maximum absolute atomic E-state index is 12.5. The minimum absolute atomic E-state index is 0.0587. The Morgan fingerprint density at radius 2 is 1.81 bits per heavy atom. The predicted molar refractivity (Wildman–Crippen MR) is 102 cm³/mol. The van der Waals surface area contributed by atoms with Crippen LogP contribution in [0, 0.1) is 0 Å². The Hall–Kier alpha value is -2.71. The van der Waals surface area contributed by atoms with Crippen LogP contribution in [0.2, 0.25) is 0 Å². The van der Waals surface area contributed by atoms with Crippen LogP contribution < -0.4 is 14.9 Å². The molecule has 0 bridgehead atoms. The van der Waals surface area contributed by atoms with Gasteiger partial charge in [-0.25, -0.2) is 13.1 Å². The molecule has 2 N–H and O–H groups in total. The average molecular weight is 387 g/mol. The zero-order valence-corrected chi connectivity index (χ0v) is 15.8. The molecule has 0 aliphatic carbocycles. The molecule has 2 amide bonds. The van der Waals surface area contributed by atoms with Crippen molar-refractivity contribution in [2.45, 2.75) is 18.2 Å². The van der Waals surface area contributed by atoms with Crippen LogP contribution in [0.3, 0.4) is 0 Å². The van der Waals surface area contributed by atoms with E-state index in [1.54, 1.807) is 41.3 Å². The van der Waals surface area contributed by atoms with Crippen molar-refractivity contribution >= 4 is 27.5 Å². The van der Waals surface area contributed by atoms with E-state index in [1.807, 2.05) is 6.07 Å². The summed E-state index contributed by atoms with van der Waals surface area (Å²) in [7, 11) is -3.69. The topological polar surface area (TPSA) is 95.6 Å². The van der Waals surface area contributed by atoms with Gasteiger partial charge in [-0.2, -0.15) is 0 Å². The van der Waals surface area contributed by atoms with Gasteiger partial charge in [0.2, 0.25) is 15.9 Å². The summed E-state index contributed by atoms with van der Waals surface area (Å²) in [5.41, 5.74) is 2.12. The fourth-order valence-electron chi connectivity index (χ4n) is 3.01. The Bertz CT molecular complexity index is 958. The van der Waals surface area contributed by atoms with Crippen molar-refractivity contribution in [2.24, 2.45) is 0 Å². The SMILES string of the molecule is CC(=O)N1CCc2cc(S(=O)(=O)NCCNC(=O)c3ccccc3)ccc21. The van der Waals surface area contributed by atoms with Crippen LogP contribution in [0.5, 0.6) is 0 Å². The van der Waals surface area contributed by atoms with Crippen LogP contribution in [-0.2, 0) is 21.2 Å². The van der Waals surface area contributed by atoms with E-state index < -0.39 is 10.0 Å². The Balaban J connectivity index is 1.58. The summed E-state index contributed by atoms with van der Waals surface area (Å²) in [5.74, 6) is -0.312. The van der Waals surface area contributed by atoms with E-state index in [0.29, 0.717) is 18.5 Å². The molecule has 0 saturated heterocycles. The average Bonchev–Trinajstić information content (AvgIpc) is 3.09. The smallest absolute Gasteiger partial charge is 0.251 e. The van der Waals surface area contributed by atoms with Crippen LogP contribution >= 0.6 is 0 Å². The van der Waals surface area contributed by atoms with Crippen molar-refractivity contribution < 1.29 is 18.0 Å². The first kappa shape index (κ1) is 19.1. The number of carbonyl (C=O) groups excluding carboxylic acids is 2. The van der Waals surface area contributed by atoms with Gasteiger partial charge in [-0.05, 0) is 42.3 Å². The van der Waals surface area contributed by atoms with Crippen molar-refractivity contribution in [3.8, 4) is 0 Å². The fourth-order valence-corrected chi connectivity index (χ4v) is 4.09. The summed E-state index contributed by atoms with van der Waals surface area (Å²) in [6.07, 6.45) is 0.630. The molecule has 7 nitrogen and oxygen atoms in total. The molecule has 1 aliphatic heterocycles. The standard InChI is InChI=1S/C19H21N3O4S/c1-14(23)22-12-9-16-13-17(7-8-18(16)22)27(25,26)21-11-10-20-19(24)15-5-3-2-4-6-15/h2-8,13,21H,9-12H2,1H3,(H,20,24). The van der Waals surface area contributed by atoms with Crippen molar-refractivity contribution in [2.75, 3.05) is 24.5 Å². The Morgan fingerprint density at radius 1 is 1.07 bits per heavy atom. The number of fused-ring (bicyclic) bond motifs is 1. The second-order valence-electron chi connectivity index (χ2n) is 6.23. The van der Waals surface area contributed by atoms with Crippen LogP contribution in [0.1, 0.15) is 22.8 Å². The molecule has 142 valence electrons. The van der Waals surface area contributed by atoms with Crippen LogP contribution in [-0.4, -0.2) is 39.9 Å². The molecule has 8 heteroatoms. The van der Waals surface area contributed by atoms with Crippen LogP contribution in [0.25, 0.3) is 0 Å². The van der Waals surface area contributed by atoms with Gasteiger partial charge in [0, 0.05) is 37.8 Å². The third-order valence-electron chi connectivity index (χ3n) is 4.38. The molecule has 27 heavy (non-hydrogen) atoms. The van der Waals surface area contributed by atoms with Crippen molar-refractivity contribution in [1.29, 1.82) is 0 Å². The minimum Gasteiger partial charge on any atom is -0.351 e. The number of rotatable bonds is 6. The van der Waals surface area contributed by atoms with E-state index in [9.17, 15) is 18.0 Å². The second kappa shape index (κ2) is 7.89. The van der Waals surface area contributed by atoms with Gasteiger partial charge >= 0.3 is 0 Å². The number of amides is 2. The highest BCUT2D eigenvalue weighted by atomic mass is 32.2. The number of sulfonamides is 1. The molecule has 0 spiro atoms. The first-order valence-electron chi connectivity index (χ1n) is 8.62. The minimum atomic E-state index is -3.69. The lowest BCUT2D eigenvalue weighted by molar-refractivity contribution is -0.116. The van der Waals surface area contributed by atoms with Crippen LogP contribution in [0.15, 0.2) is 53.4 Å². The summed E-state index contributed by atoms with van der Waals surface area (Å²) in [5, 5.41) is 2.67. The van der Waals surface area contributed by atoms with E-state index in [-0.39, 0.29) is 29.8 Å². The van der Waals surface area contributed by atoms with Gasteiger partial charge in [0.1, 0.15) is 0 Å². The van der Waals surface area contributed by atoms with E-state index in [2.05, 4.69) is 10.0 Å². The number of hydrogen-bond acceptors (Lipinski definition) is 4. The van der Waals surface area contributed by atoms with Crippen molar-refractivity contribution in [3.63, 3.8) is 0 Å². The van der Waals surface area contributed by atoms with Gasteiger partial charge in [0.25, 0.3) is 5.91 Å². The van der Waals surface area contributed by atoms with Crippen LogP contribution in [0.4, 0.5) is 5.69 Å². The molecular formula is C19H21N3O4S. The fraction of sp³-hybridized carbons (Fsp3) is 0.263. The van der Waals surface area contributed by atoms with Gasteiger partial charge in [-0.3, -0.25) is 9.59 Å². The summed E-state index contributed by atoms with van der Waals surface area (Å²) in [4.78, 5) is 25.3. The molecule has 0 atom stereocenters. The van der Waals surface area contributed by atoms with Crippen molar-refractivity contribution in [3.05, 3.63) is 59.7 Å². The molecule has 0 radical (unpaired) electrons. The van der Waals surface area contributed by atoms with E-state index in [4.69, 9.17) is 0 Å². The van der Waals surface area contributed by atoms with Gasteiger partial charge in [0.15, 0.2) is 0 Å². The summed E-state index contributed by atoms with van der Waals surface area (Å²) < 4.78 is 27.4. The first-order valence-corrected chi connectivity index (χ1v) is 10.1. The monoisotopic (exact) mass is 387 g/mol. The molecule has 3 rings (SSSR count). The molecule has 0 aromatic heterocycles. The van der Waals surface area contributed by atoms with E-state index >= 15 is 0 Å². The third-order valence-corrected chi connectivity index (χ3v) is 5.83. The maximum atomic E-state index is 12.5. The molecule has 0 fully saturated rings. The van der Waals surface area contributed by atoms with Gasteiger partial charge in [0.05, 0.1) is 4.90 Å². The number of benzene rings is 2. The van der Waals surface area contributed by atoms with E-state index in [1.165, 1.54) is 13.0 Å². The number of anilines is 1. The lowest BCUT2D eigenvalue weighted by Gasteiger charge is -2.15. The predicted octanol–water partition coefficient (Wildman–Crippen LogP) is 1.30. The molecule has 1 aliphatic rings. The molecule has 0 saturated carbocycles. The van der Waals surface area contributed by atoms with Gasteiger partial charge < -0.3 is 10.2 Å². The summed E-state index contributed by atoms with van der Waals surface area (Å²) in [6.45, 7) is 2.31. The zero-order valence-electron chi connectivity index (χ0n) is 14.9. The van der Waals surface area contributed by atoms with Gasteiger partial charge in [-0.15, -0.1) is 0 Å². The highest BCUT2D eigenvalue weighted by Gasteiger charge is 2.24. The zero-order chi connectivity index (χ0) is 19.4. The Kier molecular flexibility index (Phi) is 5.57. The molecule has 2 aromatic carbocycles. The number of nitrogens with zero attached hydrogens (tertiary/aromatic N) is 1. The Morgan fingerprint density at radius 3 is 2.52 bits per heavy atom. The molecule has 0 unspecified atom stereocenters. The number of nitrogens with one attached hydrogen (secondary N) is 2. The molecule has 2 aromatic rings. The highest BCUT2D eigenvalue weighted by Crippen LogP contribution is 2.30. The number of carbonyl (C=O) groups is 2. The normalized spacial score (nSPS) is 13.3. The lowest BCUT2D eigenvalue weighted by Crippen LogP contribution is -2.34. The first-order chi connectivity index (χ1) is 12.9. The number of hydrogen-bond donors (Lipinski definition) is 2. The van der Waals surface area contributed by atoms with E-state index in [0.717, 1.165) is 11.3 Å². The van der Waals surface area contributed by atoms with Crippen molar-refractivity contribution in [1.82, 2.24) is 10.0 Å². The molecular weight excluding hydrogens is 366 g/mol. The summed E-state index contributed by atoms with van der Waals surface area (Å²) in [6, 6.07) is 13.5. The highest BCUT2D eigenvalue weighted by molar-refractivity contribution is 7.89.